The fourth-order valence-corrected chi connectivity index (χ4v) is 3.94. The number of H-pyrrole nitrogens is 1. The Morgan fingerprint density at radius 1 is 1.14 bits per heavy atom. The first-order valence-electron chi connectivity index (χ1n) is 9.80. The van der Waals surface area contributed by atoms with Crippen LogP contribution in [0.15, 0.2) is 45.6 Å². The average molecular weight is 400 g/mol. The molecule has 4 rings (SSSR count). The second-order valence-electron chi connectivity index (χ2n) is 7.62. The van der Waals surface area contributed by atoms with Gasteiger partial charge < -0.3 is 9.32 Å². The number of nitrogens with one attached hydrogen (secondary N) is 1. The third kappa shape index (κ3) is 4.62. The number of ketones is 1. The topological polar surface area (TPSA) is 66.3 Å². The number of nitrogens with zero attached hydrogens (tertiary/aromatic N) is 1. The minimum Gasteiger partial charge on any atom is -0.408 e. The zero-order valence-electron chi connectivity index (χ0n) is 15.9. The third-order valence-corrected chi connectivity index (χ3v) is 5.63. The molecule has 1 N–H and O–H groups in total. The molecule has 29 heavy (non-hydrogen) atoms. The molecule has 0 spiro atoms. The zero-order chi connectivity index (χ0) is 20.4. The Balaban J connectivity index is 1.27. The number of hydrogen-bond acceptors (Lipinski definition) is 4. The second-order valence-corrected chi connectivity index (χ2v) is 7.62. The van der Waals surface area contributed by atoms with Crippen LogP contribution in [0.4, 0.5) is 8.78 Å². The highest BCUT2D eigenvalue weighted by Gasteiger charge is 2.21. The summed E-state index contributed by atoms with van der Waals surface area (Å²) in [6.07, 6.45) is 2.84. The molecule has 1 aromatic heterocycles. The van der Waals surface area contributed by atoms with Gasteiger partial charge in [0, 0.05) is 24.6 Å². The first-order valence-corrected chi connectivity index (χ1v) is 9.80. The van der Waals surface area contributed by atoms with Gasteiger partial charge in [0.1, 0.15) is 11.6 Å². The second kappa shape index (κ2) is 8.29. The van der Waals surface area contributed by atoms with E-state index in [9.17, 15) is 18.4 Å². The van der Waals surface area contributed by atoms with Gasteiger partial charge in [0.15, 0.2) is 11.4 Å². The molecule has 1 saturated heterocycles. The molecule has 1 fully saturated rings. The van der Waals surface area contributed by atoms with Crippen LogP contribution in [0.2, 0.25) is 0 Å². The molecule has 0 amide bonds. The van der Waals surface area contributed by atoms with Gasteiger partial charge in [-0.25, -0.2) is 13.6 Å². The van der Waals surface area contributed by atoms with Crippen LogP contribution < -0.4 is 5.76 Å². The van der Waals surface area contributed by atoms with Crippen LogP contribution in [0, 0.1) is 17.6 Å². The number of likely N-dealkylation sites (tertiary alicyclic amines) is 1. The number of rotatable bonds is 6. The Bertz CT molecular complexity index is 1080. The third-order valence-electron chi connectivity index (χ3n) is 5.63. The molecule has 5 nitrogen and oxygen atoms in total. The van der Waals surface area contributed by atoms with Crippen molar-refractivity contribution in [1.82, 2.24) is 9.88 Å². The molecule has 3 aromatic rings. The van der Waals surface area contributed by atoms with Gasteiger partial charge >= 0.3 is 5.76 Å². The summed E-state index contributed by atoms with van der Waals surface area (Å²) in [5, 5.41) is 0. The Hall–Kier alpha value is -2.80. The van der Waals surface area contributed by atoms with Crippen LogP contribution in [-0.2, 0) is 6.42 Å². The van der Waals surface area contributed by atoms with Gasteiger partial charge in [-0.15, -0.1) is 0 Å². The Kier molecular flexibility index (Phi) is 5.58. The summed E-state index contributed by atoms with van der Waals surface area (Å²) in [6, 6.07) is 8.73. The summed E-state index contributed by atoms with van der Waals surface area (Å²) < 4.78 is 31.9. The maximum Gasteiger partial charge on any atom is 0.417 e. The van der Waals surface area contributed by atoms with E-state index in [1.165, 1.54) is 12.1 Å². The number of aromatic amines is 1. The van der Waals surface area contributed by atoms with E-state index >= 15 is 0 Å². The van der Waals surface area contributed by atoms with Gasteiger partial charge in [-0.05, 0) is 68.1 Å². The number of oxazole rings is 1. The molecule has 7 heteroatoms. The summed E-state index contributed by atoms with van der Waals surface area (Å²) in [5.74, 6) is -1.20. The van der Waals surface area contributed by atoms with Crippen LogP contribution in [0.25, 0.3) is 11.1 Å². The fourth-order valence-electron chi connectivity index (χ4n) is 3.94. The molecule has 0 radical (unpaired) electrons. The molecule has 1 aliphatic heterocycles. The Morgan fingerprint density at radius 3 is 2.69 bits per heavy atom. The summed E-state index contributed by atoms with van der Waals surface area (Å²) in [7, 11) is 0. The normalized spacial score (nSPS) is 15.8. The summed E-state index contributed by atoms with van der Waals surface area (Å²) in [5.41, 5.74) is 2.05. The van der Waals surface area contributed by atoms with Crippen molar-refractivity contribution in [3.63, 3.8) is 0 Å². The number of piperidine rings is 1. The number of aromatic nitrogens is 1. The predicted molar refractivity (Wildman–Crippen MR) is 105 cm³/mol. The van der Waals surface area contributed by atoms with Gasteiger partial charge in [-0.2, -0.15) is 0 Å². The molecular formula is C22H22F2N2O3. The Morgan fingerprint density at radius 2 is 1.93 bits per heavy atom. The lowest BCUT2D eigenvalue weighted by molar-refractivity contribution is 0.0951. The van der Waals surface area contributed by atoms with Crippen molar-refractivity contribution in [2.24, 2.45) is 5.92 Å². The van der Waals surface area contributed by atoms with E-state index in [0.29, 0.717) is 47.5 Å². The zero-order valence-corrected chi connectivity index (χ0v) is 15.9. The van der Waals surface area contributed by atoms with Crippen molar-refractivity contribution in [2.45, 2.75) is 25.7 Å². The van der Waals surface area contributed by atoms with Crippen LogP contribution in [0.3, 0.4) is 0 Å². The molecule has 0 unspecified atom stereocenters. The molecule has 2 heterocycles. The number of carbonyl (C=O) groups excluding carboxylic acids is 1. The Labute approximate surface area is 166 Å². The number of fused-ring (bicyclic) bond motifs is 1. The van der Waals surface area contributed by atoms with Crippen LogP contribution >= 0.6 is 0 Å². The number of Topliss-reactive ketones (excluding diaryl/α,β-unsaturated/α-hetero) is 1. The van der Waals surface area contributed by atoms with Gasteiger partial charge in [-0.3, -0.25) is 9.78 Å². The number of benzene rings is 2. The maximum absolute atomic E-state index is 13.8. The molecular weight excluding hydrogens is 378 g/mol. The lowest BCUT2D eigenvalue weighted by Crippen LogP contribution is -2.35. The maximum atomic E-state index is 13.8. The van der Waals surface area contributed by atoms with Crippen molar-refractivity contribution in [2.75, 3.05) is 19.6 Å². The van der Waals surface area contributed by atoms with E-state index in [-0.39, 0.29) is 5.78 Å². The number of halogens is 2. The first-order chi connectivity index (χ1) is 14.0. The lowest BCUT2D eigenvalue weighted by atomic mass is 9.90. The van der Waals surface area contributed by atoms with Gasteiger partial charge in [0.25, 0.3) is 0 Å². The highest BCUT2D eigenvalue weighted by atomic mass is 19.1. The van der Waals surface area contributed by atoms with Crippen molar-refractivity contribution in [3.8, 4) is 0 Å². The van der Waals surface area contributed by atoms with E-state index in [1.54, 1.807) is 18.2 Å². The van der Waals surface area contributed by atoms with E-state index in [0.717, 1.165) is 32.0 Å². The molecule has 0 bridgehead atoms. The standard InChI is InChI=1S/C22H22F2N2O3/c23-17-3-1-15(18(24)13-17)11-14-5-8-26(9-6-14)10-7-20(27)16-2-4-19-21(12-16)29-22(28)25-19/h1-4,12-14H,5-11H2,(H,25,28). The molecule has 0 aliphatic carbocycles. The van der Waals surface area contributed by atoms with Gasteiger partial charge in [-0.1, -0.05) is 6.07 Å². The highest BCUT2D eigenvalue weighted by Crippen LogP contribution is 2.24. The van der Waals surface area contributed by atoms with E-state index < -0.39 is 17.4 Å². The van der Waals surface area contributed by atoms with Crippen LogP contribution in [-0.4, -0.2) is 35.3 Å². The SMILES string of the molecule is O=C(CCN1CCC(Cc2ccc(F)cc2F)CC1)c1ccc2[nH]c(=O)oc2c1. The number of hydrogen-bond donors (Lipinski definition) is 1. The molecule has 0 saturated carbocycles. The van der Waals surface area contributed by atoms with Crippen molar-refractivity contribution in [1.29, 1.82) is 0 Å². The molecule has 0 atom stereocenters. The molecule has 2 aromatic carbocycles. The summed E-state index contributed by atoms with van der Waals surface area (Å²) in [4.78, 5) is 28.5. The highest BCUT2D eigenvalue weighted by molar-refractivity contribution is 5.98. The molecule has 1 aliphatic rings. The fraction of sp³-hybridized carbons (Fsp3) is 0.364. The minimum absolute atomic E-state index is 0.00579. The number of carbonyl (C=O) groups is 1. The van der Waals surface area contributed by atoms with E-state index in [4.69, 9.17) is 4.42 Å². The van der Waals surface area contributed by atoms with Crippen molar-refractivity contribution < 1.29 is 18.0 Å². The van der Waals surface area contributed by atoms with Crippen LogP contribution in [0.5, 0.6) is 0 Å². The predicted octanol–water partition coefficient (Wildman–Crippen LogP) is 3.93. The van der Waals surface area contributed by atoms with Crippen molar-refractivity contribution in [3.05, 3.63) is 69.7 Å². The van der Waals surface area contributed by atoms with Crippen molar-refractivity contribution >= 4 is 16.9 Å². The van der Waals surface area contributed by atoms with E-state index in [1.807, 2.05) is 0 Å². The summed E-state index contributed by atoms with van der Waals surface area (Å²) >= 11 is 0. The smallest absolute Gasteiger partial charge is 0.408 e. The lowest BCUT2D eigenvalue weighted by Gasteiger charge is -2.31. The molecule has 152 valence electrons. The average Bonchev–Trinajstić information content (AvgIpc) is 3.08. The summed E-state index contributed by atoms with van der Waals surface area (Å²) in [6.45, 7) is 2.37. The minimum atomic E-state index is -0.552. The van der Waals surface area contributed by atoms with Gasteiger partial charge in [0.05, 0.1) is 5.52 Å². The largest absolute Gasteiger partial charge is 0.417 e. The first kappa shape index (κ1) is 19.5. The van der Waals surface area contributed by atoms with Gasteiger partial charge in [0.2, 0.25) is 0 Å². The van der Waals surface area contributed by atoms with E-state index in [2.05, 4.69) is 9.88 Å². The quantitative estimate of drug-likeness (QED) is 0.637. The van der Waals surface area contributed by atoms with Crippen LogP contribution in [0.1, 0.15) is 35.2 Å². The monoisotopic (exact) mass is 400 g/mol.